The van der Waals surface area contributed by atoms with Crippen LogP contribution in [-0.4, -0.2) is 41.9 Å². The van der Waals surface area contributed by atoms with Crippen LogP contribution in [0.2, 0.25) is 0 Å². The second kappa shape index (κ2) is 7.29. The minimum absolute atomic E-state index is 0.220. The standard InChI is InChI=1S/C16H19FN4O4/c1-3-16(10-5-7-11(17)8-6-10)13(23)21(15(25)20-16)9-12(22)19-14(24)18-4-2/h5-8H,3-4,9H2,1-2H3,(H,20,25)(H2,18,19,22,24)/t16-/m0/s1. The van der Waals surface area contributed by atoms with Gasteiger partial charge in [-0.1, -0.05) is 19.1 Å². The van der Waals surface area contributed by atoms with Gasteiger partial charge in [-0.25, -0.2) is 14.0 Å². The summed E-state index contributed by atoms with van der Waals surface area (Å²) < 4.78 is 13.1. The number of carbonyl (C=O) groups is 4. The van der Waals surface area contributed by atoms with Crippen LogP contribution >= 0.6 is 0 Å². The van der Waals surface area contributed by atoms with Gasteiger partial charge in [0.15, 0.2) is 0 Å². The van der Waals surface area contributed by atoms with Gasteiger partial charge in [-0.05, 0) is 31.0 Å². The van der Waals surface area contributed by atoms with Crippen LogP contribution in [0.4, 0.5) is 14.0 Å². The van der Waals surface area contributed by atoms with Crippen LogP contribution in [0.15, 0.2) is 24.3 Å². The lowest BCUT2D eigenvalue weighted by Gasteiger charge is -2.25. The zero-order valence-electron chi connectivity index (χ0n) is 13.9. The number of rotatable bonds is 5. The highest BCUT2D eigenvalue weighted by Crippen LogP contribution is 2.32. The topological polar surface area (TPSA) is 108 Å². The Morgan fingerprint density at radius 2 is 1.84 bits per heavy atom. The molecule has 0 saturated carbocycles. The summed E-state index contributed by atoms with van der Waals surface area (Å²) in [5.41, 5.74) is -0.946. The highest BCUT2D eigenvalue weighted by Gasteiger charge is 2.51. The molecule has 1 saturated heterocycles. The second-order valence-electron chi connectivity index (χ2n) is 5.49. The Bertz CT molecular complexity index is 707. The molecule has 25 heavy (non-hydrogen) atoms. The Labute approximate surface area is 143 Å². The van der Waals surface area contributed by atoms with Crippen LogP contribution < -0.4 is 16.0 Å². The van der Waals surface area contributed by atoms with Crippen molar-refractivity contribution in [2.45, 2.75) is 25.8 Å². The van der Waals surface area contributed by atoms with E-state index in [-0.39, 0.29) is 6.42 Å². The maximum Gasteiger partial charge on any atom is 0.325 e. The van der Waals surface area contributed by atoms with E-state index in [9.17, 15) is 23.6 Å². The van der Waals surface area contributed by atoms with Gasteiger partial charge in [0, 0.05) is 6.54 Å². The van der Waals surface area contributed by atoms with Crippen LogP contribution in [0.3, 0.4) is 0 Å². The first kappa shape index (κ1) is 18.4. The zero-order valence-corrected chi connectivity index (χ0v) is 13.9. The van der Waals surface area contributed by atoms with Crippen LogP contribution in [0, 0.1) is 5.82 Å². The largest absolute Gasteiger partial charge is 0.338 e. The van der Waals surface area contributed by atoms with Gasteiger partial charge < -0.3 is 10.6 Å². The fourth-order valence-corrected chi connectivity index (χ4v) is 2.66. The first-order chi connectivity index (χ1) is 11.8. The quantitative estimate of drug-likeness (QED) is 0.684. The fourth-order valence-electron chi connectivity index (χ4n) is 2.66. The minimum atomic E-state index is -1.36. The molecule has 0 unspecified atom stereocenters. The molecule has 1 heterocycles. The van der Waals surface area contributed by atoms with Crippen LogP contribution in [-0.2, 0) is 15.1 Å². The van der Waals surface area contributed by atoms with Crippen LogP contribution in [0.1, 0.15) is 25.8 Å². The molecular weight excluding hydrogens is 331 g/mol. The summed E-state index contributed by atoms with van der Waals surface area (Å²) in [6.07, 6.45) is 0.220. The van der Waals surface area contributed by atoms with Gasteiger partial charge in [0.2, 0.25) is 5.91 Å². The molecule has 3 N–H and O–H groups in total. The Morgan fingerprint density at radius 1 is 1.20 bits per heavy atom. The third kappa shape index (κ3) is 3.59. The van der Waals surface area contributed by atoms with Gasteiger partial charge in [0.05, 0.1) is 0 Å². The van der Waals surface area contributed by atoms with Crippen molar-refractivity contribution in [3.8, 4) is 0 Å². The van der Waals surface area contributed by atoms with Crippen molar-refractivity contribution < 1.29 is 23.6 Å². The molecule has 1 fully saturated rings. The summed E-state index contributed by atoms with van der Waals surface area (Å²) >= 11 is 0. The molecule has 0 radical (unpaired) electrons. The van der Waals surface area contributed by atoms with Gasteiger partial charge in [-0.3, -0.25) is 19.8 Å². The average molecular weight is 350 g/mol. The van der Waals surface area contributed by atoms with Crippen molar-refractivity contribution in [1.82, 2.24) is 20.9 Å². The van der Waals surface area contributed by atoms with Crippen molar-refractivity contribution in [2.75, 3.05) is 13.1 Å². The van der Waals surface area contributed by atoms with Gasteiger partial charge in [-0.2, -0.15) is 0 Å². The smallest absolute Gasteiger partial charge is 0.325 e. The molecule has 1 aromatic rings. The molecule has 6 amide bonds. The summed E-state index contributed by atoms with van der Waals surface area (Å²) in [6, 6.07) is 3.75. The molecule has 134 valence electrons. The normalized spacial score (nSPS) is 19.6. The Kier molecular flexibility index (Phi) is 5.35. The van der Waals surface area contributed by atoms with E-state index in [1.807, 2.05) is 5.32 Å². The summed E-state index contributed by atoms with van der Waals surface area (Å²) in [4.78, 5) is 48.9. The average Bonchev–Trinajstić information content (AvgIpc) is 2.80. The lowest BCUT2D eigenvalue weighted by atomic mass is 9.87. The highest BCUT2D eigenvalue weighted by molar-refractivity contribution is 6.10. The molecule has 0 aliphatic carbocycles. The van der Waals surface area contributed by atoms with Crippen molar-refractivity contribution in [3.05, 3.63) is 35.6 Å². The van der Waals surface area contributed by atoms with Crippen molar-refractivity contribution in [1.29, 1.82) is 0 Å². The summed E-state index contributed by atoms with van der Waals surface area (Å²) in [6.45, 7) is 3.11. The number of nitrogens with one attached hydrogen (secondary N) is 3. The molecule has 0 spiro atoms. The fraction of sp³-hybridized carbons (Fsp3) is 0.375. The summed E-state index contributed by atoms with van der Waals surface area (Å²) in [5.74, 6) is -1.89. The van der Waals surface area contributed by atoms with Crippen LogP contribution in [0.5, 0.6) is 0 Å². The number of nitrogens with zero attached hydrogens (tertiary/aromatic N) is 1. The third-order valence-electron chi connectivity index (χ3n) is 3.94. The van der Waals surface area contributed by atoms with Gasteiger partial charge in [0.1, 0.15) is 17.9 Å². The lowest BCUT2D eigenvalue weighted by Crippen LogP contribution is -2.47. The van der Waals surface area contributed by atoms with Crippen molar-refractivity contribution in [3.63, 3.8) is 0 Å². The Balaban J connectivity index is 2.19. The van der Waals surface area contributed by atoms with Crippen molar-refractivity contribution >= 4 is 23.9 Å². The maximum atomic E-state index is 13.1. The first-order valence-electron chi connectivity index (χ1n) is 7.82. The highest BCUT2D eigenvalue weighted by atomic mass is 19.1. The molecule has 1 aliphatic rings. The molecular formula is C16H19FN4O4. The molecule has 8 nitrogen and oxygen atoms in total. The predicted molar refractivity (Wildman–Crippen MR) is 85.8 cm³/mol. The van der Waals surface area contributed by atoms with E-state index in [0.717, 1.165) is 4.90 Å². The molecule has 1 aromatic carbocycles. The van der Waals surface area contributed by atoms with E-state index in [1.165, 1.54) is 24.3 Å². The number of carbonyl (C=O) groups excluding carboxylic acids is 4. The molecule has 2 rings (SSSR count). The number of amides is 6. The number of urea groups is 2. The van der Waals surface area contributed by atoms with E-state index >= 15 is 0 Å². The lowest BCUT2D eigenvalue weighted by molar-refractivity contribution is -0.135. The monoisotopic (exact) mass is 350 g/mol. The molecule has 0 aromatic heterocycles. The Morgan fingerprint density at radius 3 is 2.40 bits per heavy atom. The minimum Gasteiger partial charge on any atom is -0.338 e. The van der Waals surface area contributed by atoms with Gasteiger partial charge in [0.25, 0.3) is 5.91 Å². The van der Waals surface area contributed by atoms with Crippen LogP contribution in [0.25, 0.3) is 0 Å². The first-order valence-corrected chi connectivity index (χ1v) is 7.82. The summed E-state index contributed by atoms with van der Waals surface area (Å²) in [7, 11) is 0. The van der Waals surface area contributed by atoms with Gasteiger partial charge >= 0.3 is 12.1 Å². The number of hydrogen-bond donors (Lipinski definition) is 3. The number of halogens is 1. The van der Waals surface area contributed by atoms with E-state index < -0.39 is 41.8 Å². The Hall–Kier alpha value is -2.97. The predicted octanol–water partition coefficient (Wildman–Crippen LogP) is 0.828. The van der Waals surface area contributed by atoms with E-state index in [1.54, 1.807) is 13.8 Å². The van der Waals surface area contributed by atoms with Crippen molar-refractivity contribution in [2.24, 2.45) is 0 Å². The molecule has 0 bridgehead atoms. The SMILES string of the molecule is CCNC(=O)NC(=O)CN1C(=O)N[C@@](CC)(c2ccc(F)cc2)C1=O. The van der Waals surface area contributed by atoms with Gasteiger partial charge in [-0.15, -0.1) is 0 Å². The molecule has 1 aliphatic heterocycles. The summed E-state index contributed by atoms with van der Waals surface area (Å²) in [5, 5.41) is 6.97. The van der Waals surface area contributed by atoms with E-state index in [0.29, 0.717) is 12.1 Å². The van der Waals surface area contributed by atoms with E-state index in [2.05, 4.69) is 10.6 Å². The molecule has 9 heteroatoms. The zero-order chi connectivity index (χ0) is 18.6. The second-order valence-corrected chi connectivity index (χ2v) is 5.49. The third-order valence-corrected chi connectivity index (χ3v) is 3.94. The van der Waals surface area contributed by atoms with E-state index in [4.69, 9.17) is 0 Å². The number of benzene rings is 1. The number of hydrogen-bond acceptors (Lipinski definition) is 4. The molecule has 1 atom stereocenters. The maximum absolute atomic E-state index is 13.1. The number of imide groups is 2.